The third kappa shape index (κ3) is 4.69. The maximum absolute atomic E-state index is 11.2. The third-order valence-corrected chi connectivity index (χ3v) is 1.98. The van der Waals surface area contributed by atoms with E-state index in [-0.39, 0.29) is 5.91 Å². The molecule has 14 heavy (non-hydrogen) atoms. The van der Waals surface area contributed by atoms with Crippen molar-refractivity contribution in [2.24, 2.45) is 0 Å². The summed E-state index contributed by atoms with van der Waals surface area (Å²) < 4.78 is 4.38. The number of carbonyl (C=O) groups excluding carboxylic acids is 2. The molecule has 0 unspecified atom stereocenters. The van der Waals surface area contributed by atoms with Gasteiger partial charge in [-0.05, 0) is 19.3 Å². The van der Waals surface area contributed by atoms with Crippen molar-refractivity contribution in [3.05, 3.63) is 0 Å². The summed E-state index contributed by atoms with van der Waals surface area (Å²) in [5.74, 6) is 0.0687. The molecule has 80 valence electrons. The van der Waals surface area contributed by atoms with Crippen molar-refractivity contribution in [3.8, 4) is 0 Å². The Morgan fingerprint density at radius 2 is 2.14 bits per heavy atom. The summed E-state index contributed by atoms with van der Waals surface area (Å²) in [6, 6.07) is 0.413. The molecule has 0 atom stereocenters. The van der Waals surface area contributed by atoms with Crippen LogP contribution in [0.15, 0.2) is 0 Å². The number of rotatable bonds is 5. The molecule has 0 bridgehead atoms. The second kappa shape index (κ2) is 5.47. The molecule has 1 aliphatic carbocycles. The Balaban J connectivity index is 1.91. The molecule has 0 radical (unpaired) electrons. The van der Waals surface area contributed by atoms with Crippen molar-refractivity contribution in [2.75, 3.05) is 13.7 Å². The van der Waals surface area contributed by atoms with E-state index in [4.69, 9.17) is 0 Å². The van der Waals surface area contributed by atoms with Crippen molar-refractivity contribution in [1.82, 2.24) is 10.6 Å². The van der Waals surface area contributed by atoms with Gasteiger partial charge in [0.05, 0.1) is 7.11 Å². The van der Waals surface area contributed by atoms with E-state index in [0.29, 0.717) is 25.4 Å². The van der Waals surface area contributed by atoms with Crippen LogP contribution in [0.1, 0.15) is 25.7 Å². The van der Waals surface area contributed by atoms with Gasteiger partial charge in [-0.2, -0.15) is 0 Å². The molecule has 0 aromatic carbocycles. The minimum Gasteiger partial charge on any atom is -0.453 e. The minimum atomic E-state index is -0.451. The van der Waals surface area contributed by atoms with E-state index in [9.17, 15) is 9.59 Å². The lowest BCUT2D eigenvalue weighted by Gasteiger charge is -2.04. The van der Waals surface area contributed by atoms with Gasteiger partial charge in [0.1, 0.15) is 0 Å². The fraction of sp³-hybridized carbons (Fsp3) is 0.778. The van der Waals surface area contributed by atoms with Crippen LogP contribution >= 0.6 is 0 Å². The fourth-order valence-corrected chi connectivity index (χ4v) is 1.04. The predicted octanol–water partition coefficient (Wildman–Crippen LogP) is 0.401. The first kappa shape index (κ1) is 10.8. The quantitative estimate of drug-likeness (QED) is 0.631. The van der Waals surface area contributed by atoms with Crippen LogP contribution in [-0.4, -0.2) is 31.7 Å². The molecule has 2 N–H and O–H groups in total. The number of hydrogen-bond acceptors (Lipinski definition) is 3. The average Bonchev–Trinajstić information content (AvgIpc) is 2.95. The largest absolute Gasteiger partial charge is 0.453 e. The van der Waals surface area contributed by atoms with E-state index in [1.54, 1.807) is 0 Å². The van der Waals surface area contributed by atoms with Gasteiger partial charge in [0, 0.05) is 19.0 Å². The summed E-state index contributed by atoms with van der Waals surface area (Å²) in [5.41, 5.74) is 0. The molecule has 1 fully saturated rings. The number of amides is 2. The Kier molecular flexibility index (Phi) is 4.22. The van der Waals surface area contributed by atoms with Crippen molar-refractivity contribution >= 4 is 12.0 Å². The van der Waals surface area contributed by atoms with Crippen LogP contribution in [-0.2, 0) is 9.53 Å². The highest BCUT2D eigenvalue weighted by Gasteiger charge is 2.22. The Hall–Kier alpha value is -1.26. The molecule has 1 rings (SSSR count). The molecule has 0 aromatic heterocycles. The van der Waals surface area contributed by atoms with E-state index in [1.165, 1.54) is 7.11 Å². The molecule has 1 saturated carbocycles. The first-order valence-corrected chi connectivity index (χ1v) is 4.83. The van der Waals surface area contributed by atoms with E-state index >= 15 is 0 Å². The lowest BCUT2D eigenvalue weighted by Crippen LogP contribution is -2.28. The second-order valence-electron chi connectivity index (χ2n) is 3.36. The van der Waals surface area contributed by atoms with Crippen molar-refractivity contribution in [2.45, 2.75) is 31.7 Å². The normalized spacial score (nSPS) is 14.6. The van der Waals surface area contributed by atoms with Gasteiger partial charge in [0.15, 0.2) is 0 Å². The number of carbonyl (C=O) groups is 2. The van der Waals surface area contributed by atoms with Crippen LogP contribution < -0.4 is 10.6 Å². The number of hydrogen-bond donors (Lipinski definition) is 2. The zero-order chi connectivity index (χ0) is 10.4. The molecule has 0 saturated heterocycles. The standard InChI is InChI=1S/C9H16N2O3/c1-14-9(13)10-6-2-3-8(12)11-7-4-5-7/h7H,2-6H2,1H3,(H,10,13)(H,11,12). The zero-order valence-corrected chi connectivity index (χ0v) is 8.34. The van der Waals surface area contributed by atoms with Gasteiger partial charge >= 0.3 is 6.09 Å². The summed E-state index contributed by atoms with van der Waals surface area (Å²) in [6.07, 6.45) is 2.86. The lowest BCUT2D eigenvalue weighted by atomic mass is 10.3. The predicted molar refractivity (Wildman–Crippen MR) is 50.8 cm³/mol. The third-order valence-electron chi connectivity index (χ3n) is 1.98. The van der Waals surface area contributed by atoms with Crippen molar-refractivity contribution in [3.63, 3.8) is 0 Å². The molecule has 0 aromatic rings. The summed E-state index contributed by atoms with van der Waals surface area (Å²) in [7, 11) is 1.31. The maximum atomic E-state index is 11.2. The first-order valence-electron chi connectivity index (χ1n) is 4.83. The van der Waals surface area contributed by atoms with Gasteiger partial charge in [-0.25, -0.2) is 4.79 Å². The molecule has 0 heterocycles. The highest BCUT2D eigenvalue weighted by Crippen LogP contribution is 2.18. The summed E-state index contributed by atoms with van der Waals surface area (Å²) in [6.45, 7) is 0.477. The first-order chi connectivity index (χ1) is 6.72. The molecular formula is C9H16N2O3. The van der Waals surface area contributed by atoms with Gasteiger partial charge < -0.3 is 15.4 Å². The number of alkyl carbamates (subject to hydrolysis) is 1. The number of nitrogens with one attached hydrogen (secondary N) is 2. The van der Waals surface area contributed by atoms with Crippen LogP contribution in [0.25, 0.3) is 0 Å². The Bertz CT molecular complexity index is 214. The second-order valence-corrected chi connectivity index (χ2v) is 3.36. The van der Waals surface area contributed by atoms with Crippen LogP contribution in [0.2, 0.25) is 0 Å². The van der Waals surface area contributed by atoms with E-state index in [0.717, 1.165) is 12.8 Å². The van der Waals surface area contributed by atoms with E-state index < -0.39 is 6.09 Å². The highest BCUT2D eigenvalue weighted by molar-refractivity contribution is 5.76. The van der Waals surface area contributed by atoms with Crippen LogP contribution in [0.4, 0.5) is 4.79 Å². The fourth-order valence-electron chi connectivity index (χ4n) is 1.04. The molecule has 5 heteroatoms. The van der Waals surface area contributed by atoms with Crippen LogP contribution in [0, 0.1) is 0 Å². The van der Waals surface area contributed by atoms with Crippen molar-refractivity contribution in [1.29, 1.82) is 0 Å². The number of methoxy groups -OCH3 is 1. The van der Waals surface area contributed by atoms with Gasteiger partial charge in [-0.15, -0.1) is 0 Å². The van der Waals surface area contributed by atoms with E-state index in [1.807, 2.05) is 0 Å². The topological polar surface area (TPSA) is 67.4 Å². The van der Waals surface area contributed by atoms with Gasteiger partial charge in [-0.3, -0.25) is 4.79 Å². The van der Waals surface area contributed by atoms with Crippen LogP contribution in [0.3, 0.4) is 0 Å². The van der Waals surface area contributed by atoms with Gasteiger partial charge in [0.2, 0.25) is 5.91 Å². The van der Waals surface area contributed by atoms with Crippen molar-refractivity contribution < 1.29 is 14.3 Å². The summed E-state index contributed by atoms with van der Waals surface area (Å²) in [5, 5.41) is 5.39. The smallest absolute Gasteiger partial charge is 0.406 e. The van der Waals surface area contributed by atoms with Gasteiger partial charge in [0.25, 0.3) is 0 Å². The Morgan fingerprint density at radius 3 is 2.71 bits per heavy atom. The van der Waals surface area contributed by atoms with Crippen LogP contribution in [0.5, 0.6) is 0 Å². The monoisotopic (exact) mass is 200 g/mol. The van der Waals surface area contributed by atoms with Gasteiger partial charge in [-0.1, -0.05) is 0 Å². The van der Waals surface area contributed by atoms with E-state index in [2.05, 4.69) is 15.4 Å². The average molecular weight is 200 g/mol. The number of ether oxygens (including phenoxy) is 1. The Morgan fingerprint density at radius 1 is 1.43 bits per heavy atom. The Labute approximate surface area is 83.2 Å². The minimum absolute atomic E-state index is 0.0687. The molecular weight excluding hydrogens is 184 g/mol. The molecule has 1 aliphatic rings. The summed E-state index contributed by atoms with van der Waals surface area (Å²) >= 11 is 0. The lowest BCUT2D eigenvalue weighted by molar-refractivity contribution is -0.121. The maximum Gasteiger partial charge on any atom is 0.406 e. The molecule has 2 amide bonds. The SMILES string of the molecule is COC(=O)NCCCC(=O)NC1CC1. The zero-order valence-electron chi connectivity index (χ0n) is 8.34. The molecule has 0 aliphatic heterocycles. The molecule has 0 spiro atoms. The molecule has 5 nitrogen and oxygen atoms in total. The summed E-state index contributed by atoms with van der Waals surface area (Å²) in [4.78, 5) is 21.8. The highest BCUT2D eigenvalue weighted by atomic mass is 16.5.